The van der Waals surface area contributed by atoms with Gasteiger partial charge in [0, 0.05) is 30.6 Å². The van der Waals surface area contributed by atoms with Gasteiger partial charge in [0.1, 0.15) is 0 Å². The molecule has 0 aromatic carbocycles. The highest BCUT2D eigenvalue weighted by Crippen LogP contribution is 2.33. The van der Waals surface area contributed by atoms with E-state index in [9.17, 15) is 0 Å². The van der Waals surface area contributed by atoms with Gasteiger partial charge < -0.3 is 9.47 Å². The number of thiazole rings is 1. The predicted molar refractivity (Wildman–Crippen MR) is 75.4 cm³/mol. The van der Waals surface area contributed by atoms with Crippen molar-refractivity contribution in [2.75, 3.05) is 19.8 Å². The van der Waals surface area contributed by atoms with Gasteiger partial charge in [-0.3, -0.25) is 4.90 Å². The van der Waals surface area contributed by atoms with Crippen LogP contribution in [0, 0.1) is 6.92 Å². The van der Waals surface area contributed by atoms with Crippen molar-refractivity contribution in [3.8, 4) is 0 Å². The van der Waals surface area contributed by atoms with Crippen LogP contribution >= 0.6 is 11.3 Å². The van der Waals surface area contributed by atoms with E-state index in [4.69, 9.17) is 9.47 Å². The third kappa shape index (κ3) is 2.70. The standard InChI is InChI=1S/C14H22N2O2S/c1-3-17-12-5-4-11-14(12)18-7-6-16(11)8-13-10(2)15-9-19-13/h9,11-12,14H,3-8H2,1-2H3/t11-,12+,14+/m0/s1. The Kier molecular flexibility index (Phi) is 4.17. The fraction of sp³-hybridized carbons (Fsp3) is 0.786. The molecule has 1 aromatic rings. The van der Waals surface area contributed by atoms with Crippen molar-refractivity contribution < 1.29 is 9.47 Å². The molecule has 0 amide bonds. The highest BCUT2D eigenvalue weighted by molar-refractivity contribution is 7.09. The van der Waals surface area contributed by atoms with Gasteiger partial charge in [-0.05, 0) is 26.7 Å². The number of aromatic nitrogens is 1. The van der Waals surface area contributed by atoms with Gasteiger partial charge in [0.2, 0.25) is 0 Å². The number of aryl methyl sites for hydroxylation is 1. The molecular formula is C14H22N2O2S. The Morgan fingerprint density at radius 1 is 1.53 bits per heavy atom. The van der Waals surface area contributed by atoms with Crippen LogP contribution in [0.3, 0.4) is 0 Å². The lowest BCUT2D eigenvalue weighted by Gasteiger charge is -2.38. The van der Waals surface area contributed by atoms with Gasteiger partial charge >= 0.3 is 0 Å². The van der Waals surface area contributed by atoms with Crippen molar-refractivity contribution in [3.63, 3.8) is 0 Å². The number of ether oxygens (including phenoxy) is 2. The Balaban J connectivity index is 1.68. The third-order valence-corrected chi connectivity index (χ3v) is 5.14. The molecule has 0 N–H and O–H groups in total. The molecule has 2 aliphatic rings. The highest BCUT2D eigenvalue weighted by Gasteiger charge is 2.43. The number of rotatable bonds is 4. The summed E-state index contributed by atoms with van der Waals surface area (Å²) >= 11 is 1.76. The average molecular weight is 282 g/mol. The summed E-state index contributed by atoms with van der Waals surface area (Å²) in [6, 6.07) is 0.520. The van der Waals surface area contributed by atoms with E-state index in [1.165, 1.54) is 17.0 Å². The number of fused-ring (bicyclic) bond motifs is 1. The third-order valence-electron chi connectivity index (χ3n) is 4.22. The van der Waals surface area contributed by atoms with E-state index in [1.807, 2.05) is 5.51 Å². The van der Waals surface area contributed by atoms with Gasteiger partial charge in [-0.15, -0.1) is 11.3 Å². The molecule has 19 heavy (non-hydrogen) atoms. The molecule has 1 aromatic heterocycles. The highest BCUT2D eigenvalue weighted by atomic mass is 32.1. The first-order valence-electron chi connectivity index (χ1n) is 7.15. The second kappa shape index (κ2) is 5.87. The molecule has 0 unspecified atom stereocenters. The maximum Gasteiger partial charge on any atom is 0.0992 e. The zero-order valence-corrected chi connectivity index (χ0v) is 12.5. The van der Waals surface area contributed by atoms with Gasteiger partial charge in [-0.2, -0.15) is 0 Å². The van der Waals surface area contributed by atoms with Crippen molar-refractivity contribution in [2.24, 2.45) is 0 Å². The summed E-state index contributed by atoms with van der Waals surface area (Å²) in [5, 5.41) is 0. The van der Waals surface area contributed by atoms with E-state index >= 15 is 0 Å². The van der Waals surface area contributed by atoms with Crippen LogP contribution in [0.25, 0.3) is 0 Å². The average Bonchev–Trinajstić information content (AvgIpc) is 2.99. The first kappa shape index (κ1) is 13.5. The Morgan fingerprint density at radius 2 is 2.42 bits per heavy atom. The van der Waals surface area contributed by atoms with E-state index in [0.29, 0.717) is 12.1 Å². The van der Waals surface area contributed by atoms with Gasteiger partial charge in [0.25, 0.3) is 0 Å². The minimum absolute atomic E-state index is 0.266. The number of morpholine rings is 1. The second-order valence-electron chi connectivity index (χ2n) is 5.31. The smallest absolute Gasteiger partial charge is 0.0992 e. The van der Waals surface area contributed by atoms with Crippen molar-refractivity contribution in [2.45, 2.75) is 51.5 Å². The van der Waals surface area contributed by atoms with Crippen LogP contribution in [0.15, 0.2) is 5.51 Å². The Hall–Kier alpha value is -0.490. The Labute approximate surface area is 118 Å². The quantitative estimate of drug-likeness (QED) is 0.848. The number of nitrogens with zero attached hydrogens (tertiary/aromatic N) is 2. The molecule has 1 aliphatic heterocycles. The summed E-state index contributed by atoms with van der Waals surface area (Å²) in [5.74, 6) is 0. The van der Waals surface area contributed by atoms with Crippen LogP contribution in [-0.4, -0.2) is 47.9 Å². The van der Waals surface area contributed by atoms with Gasteiger partial charge in [0.15, 0.2) is 0 Å². The van der Waals surface area contributed by atoms with Crippen LogP contribution in [0.2, 0.25) is 0 Å². The molecule has 0 spiro atoms. The van der Waals surface area contributed by atoms with Crippen LogP contribution in [0.4, 0.5) is 0 Å². The first-order chi connectivity index (χ1) is 9.29. The number of hydrogen-bond donors (Lipinski definition) is 0. The lowest BCUT2D eigenvalue weighted by atomic mass is 10.1. The zero-order valence-electron chi connectivity index (χ0n) is 11.7. The van der Waals surface area contributed by atoms with Crippen molar-refractivity contribution in [1.82, 2.24) is 9.88 Å². The van der Waals surface area contributed by atoms with E-state index < -0.39 is 0 Å². The van der Waals surface area contributed by atoms with E-state index in [2.05, 4.69) is 23.7 Å². The summed E-state index contributed by atoms with van der Waals surface area (Å²) in [6.45, 7) is 7.81. The minimum Gasteiger partial charge on any atom is -0.376 e. The topological polar surface area (TPSA) is 34.6 Å². The minimum atomic E-state index is 0.266. The Bertz CT molecular complexity index is 423. The number of hydrogen-bond acceptors (Lipinski definition) is 5. The van der Waals surface area contributed by atoms with Crippen LogP contribution in [-0.2, 0) is 16.0 Å². The van der Waals surface area contributed by atoms with Gasteiger partial charge in [-0.1, -0.05) is 0 Å². The summed E-state index contributed by atoms with van der Waals surface area (Å²) in [6.07, 6.45) is 2.87. The second-order valence-corrected chi connectivity index (χ2v) is 6.24. The van der Waals surface area contributed by atoms with Crippen LogP contribution in [0.5, 0.6) is 0 Å². The normalized spacial score (nSPS) is 31.6. The lowest BCUT2D eigenvalue weighted by Crippen LogP contribution is -2.51. The fourth-order valence-electron chi connectivity index (χ4n) is 3.24. The predicted octanol–water partition coefficient (Wildman–Crippen LogP) is 2.22. The zero-order chi connectivity index (χ0) is 13.2. The first-order valence-corrected chi connectivity index (χ1v) is 8.03. The van der Waals surface area contributed by atoms with E-state index in [0.717, 1.165) is 32.7 Å². The van der Waals surface area contributed by atoms with E-state index in [1.54, 1.807) is 11.3 Å². The maximum atomic E-state index is 5.97. The molecule has 3 atom stereocenters. The fourth-order valence-corrected chi connectivity index (χ4v) is 4.04. The largest absolute Gasteiger partial charge is 0.376 e. The molecule has 2 fully saturated rings. The summed E-state index contributed by atoms with van der Waals surface area (Å²) in [5.41, 5.74) is 3.12. The monoisotopic (exact) mass is 282 g/mol. The Morgan fingerprint density at radius 3 is 3.16 bits per heavy atom. The SMILES string of the molecule is CCO[C@@H]1CC[C@H]2[C@H]1OCCN2Cc1scnc1C. The maximum absolute atomic E-state index is 5.97. The van der Waals surface area contributed by atoms with Crippen molar-refractivity contribution in [1.29, 1.82) is 0 Å². The summed E-state index contributed by atoms with van der Waals surface area (Å²) < 4.78 is 11.8. The van der Waals surface area contributed by atoms with Crippen LogP contribution < -0.4 is 0 Å². The molecular weight excluding hydrogens is 260 g/mol. The van der Waals surface area contributed by atoms with Crippen molar-refractivity contribution in [3.05, 3.63) is 16.1 Å². The van der Waals surface area contributed by atoms with Crippen molar-refractivity contribution >= 4 is 11.3 Å². The van der Waals surface area contributed by atoms with E-state index in [-0.39, 0.29) is 6.10 Å². The summed E-state index contributed by atoms with van der Waals surface area (Å²) in [4.78, 5) is 8.30. The molecule has 1 saturated carbocycles. The molecule has 3 rings (SSSR count). The molecule has 2 heterocycles. The molecule has 0 radical (unpaired) electrons. The molecule has 106 valence electrons. The molecule has 4 nitrogen and oxygen atoms in total. The molecule has 1 saturated heterocycles. The molecule has 1 aliphatic carbocycles. The molecule has 5 heteroatoms. The summed E-state index contributed by atoms with van der Waals surface area (Å²) in [7, 11) is 0. The van der Waals surface area contributed by atoms with Gasteiger partial charge in [-0.25, -0.2) is 4.98 Å². The van der Waals surface area contributed by atoms with Gasteiger partial charge in [0.05, 0.1) is 30.0 Å². The molecule has 0 bridgehead atoms. The van der Waals surface area contributed by atoms with Crippen LogP contribution in [0.1, 0.15) is 30.3 Å². The lowest BCUT2D eigenvalue weighted by molar-refractivity contribution is -0.113.